The maximum absolute atomic E-state index is 11.2. The lowest BCUT2D eigenvalue weighted by Gasteiger charge is -2.08. The van der Waals surface area contributed by atoms with Gasteiger partial charge in [0.25, 0.3) is 0 Å². The Balaban J connectivity index is 2.20. The first-order chi connectivity index (χ1) is 10.0. The van der Waals surface area contributed by atoms with E-state index < -0.39 is 0 Å². The lowest BCUT2D eigenvalue weighted by Crippen LogP contribution is -2.06. The van der Waals surface area contributed by atoms with E-state index in [1.807, 2.05) is 12.1 Å². The maximum Gasteiger partial charge on any atom is 0.221 e. The molecule has 106 valence electrons. The van der Waals surface area contributed by atoms with Crippen LogP contribution in [0.1, 0.15) is 18.1 Å². The van der Waals surface area contributed by atoms with Gasteiger partial charge in [-0.1, -0.05) is 29.3 Å². The third-order valence-corrected chi connectivity index (χ3v) is 3.26. The Kier molecular flexibility index (Phi) is 3.17. The van der Waals surface area contributed by atoms with Gasteiger partial charge in [-0.15, -0.1) is 0 Å². The fourth-order valence-electron chi connectivity index (χ4n) is 2.52. The molecule has 1 N–H and O–H groups in total. The minimum Gasteiger partial charge on any atom is -0.324 e. The molecule has 1 aromatic heterocycles. The second-order valence-electron chi connectivity index (χ2n) is 5.18. The number of aromatic nitrogens is 2. The summed E-state index contributed by atoms with van der Waals surface area (Å²) < 4.78 is 4.86. The largest absolute Gasteiger partial charge is 0.324 e. The standard InChI is InChI=1S/C16H15N3O2/c1-9-6-10(2)8-12(7-9)13-4-5-14(17-11(3)20)16-15(13)18-21-19-16/h4-8H,1-3H3,(H,17,20). The molecule has 0 atom stereocenters. The van der Waals surface area contributed by atoms with Crippen molar-refractivity contribution in [2.75, 3.05) is 5.32 Å². The fourth-order valence-corrected chi connectivity index (χ4v) is 2.52. The zero-order valence-electron chi connectivity index (χ0n) is 12.1. The molecule has 0 aliphatic heterocycles. The van der Waals surface area contributed by atoms with E-state index in [1.54, 1.807) is 0 Å². The molecule has 5 nitrogen and oxygen atoms in total. The van der Waals surface area contributed by atoms with E-state index in [0.29, 0.717) is 16.7 Å². The van der Waals surface area contributed by atoms with Crippen LogP contribution in [-0.2, 0) is 4.79 Å². The Bertz CT molecular complexity index is 816. The Morgan fingerprint density at radius 1 is 1.05 bits per heavy atom. The maximum atomic E-state index is 11.2. The smallest absolute Gasteiger partial charge is 0.221 e. The second-order valence-corrected chi connectivity index (χ2v) is 5.18. The number of fused-ring (bicyclic) bond motifs is 1. The SMILES string of the molecule is CC(=O)Nc1ccc(-c2cc(C)cc(C)c2)c2nonc12. The second kappa shape index (κ2) is 5.01. The zero-order valence-corrected chi connectivity index (χ0v) is 12.1. The van der Waals surface area contributed by atoms with Gasteiger partial charge in [-0.2, -0.15) is 0 Å². The van der Waals surface area contributed by atoms with E-state index in [2.05, 4.69) is 47.7 Å². The summed E-state index contributed by atoms with van der Waals surface area (Å²) in [6.07, 6.45) is 0. The Labute approximate surface area is 121 Å². The number of nitrogens with zero attached hydrogens (tertiary/aromatic N) is 2. The van der Waals surface area contributed by atoms with E-state index in [0.717, 1.165) is 11.1 Å². The van der Waals surface area contributed by atoms with Crippen LogP contribution in [0.25, 0.3) is 22.2 Å². The van der Waals surface area contributed by atoms with Crippen molar-refractivity contribution < 1.29 is 9.42 Å². The molecule has 0 unspecified atom stereocenters. The minimum atomic E-state index is -0.154. The van der Waals surface area contributed by atoms with Crippen molar-refractivity contribution in [3.8, 4) is 11.1 Å². The Hall–Kier alpha value is -2.69. The van der Waals surface area contributed by atoms with Gasteiger partial charge in [-0.3, -0.25) is 4.79 Å². The van der Waals surface area contributed by atoms with Crippen molar-refractivity contribution in [2.24, 2.45) is 0 Å². The highest BCUT2D eigenvalue weighted by atomic mass is 16.6. The number of nitrogens with one attached hydrogen (secondary N) is 1. The molecule has 21 heavy (non-hydrogen) atoms. The van der Waals surface area contributed by atoms with Crippen LogP contribution in [0.4, 0.5) is 5.69 Å². The van der Waals surface area contributed by atoms with Gasteiger partial charge >= 0.3 is 0 Å². The van der Waals surface area contributed by atoms with Gasteiger partial charge in [0.15, 0.2) is 5.52 Å². The van der Waals surface area contributed by atoms with E-state index in [1.165, 1.54) is 18.1 Å². The lowest BCUT2D eigenvalue weighted by atomic mass is 9.99. The third kappa shape index (κ3) is 2.50. The summed E-state index contributed by atoms with van der Waals surface area (Å²) in [7, 11) is 0. The summed E-state index contributed by atoms with van der Waals surface area (Å²) in [5, 5.41) is 10.6. The van der Waals surface area contributed by atoms with Crippen LogP contribution in [0.2, 0.25) is 0 Å². The van der Waals surface area contributed by atoms with Crippen LogP contribution >= 0.6 is 0 Å². The number of rotatable bonds is 2. The van der Waals surface area contributed by atoms with Crippen LogP contribution in [0.3, 0.4) is 0 Å². The van der Waals surface area contributed by atoms with E-state index >= 15 is 0 Å². The molecule has 1 heterocycles. The lowest BCUT2D eigenvalue weighted by molar-refractivity contribution is -0.114. The first-order valence-electron chi connectivity index (χ1n) is 6.66. The number of carbonyl (C=O) groups is 1. The van der Waals surface area contributed by atoms with Crippen molar-refractivity contribution >= 4 is 22.6 Å². The van der Waals surface area contributed by atoms with Crippen molar-refractivity contribution in [2.45, 2.75) is 20.8 Å². The summed E-state index contributed by atoms with van der Waals surface area (Å²) in [6.45, 7) is 5.57. The normalized spacial score (nSPS) is 10.8. The van der Waals surface area contributed by atoms with Gasteiger partial charge in [-0.25, -0.2) is 4.63 Å². The molecule has 1 amide bonds. The molecule has 0 radical (unpaired) electrons. The number of amides is 1. The molecule has 3 aromatic rings. The van der Waals surface area contributed by atoms with E-state index in [9.17, 15) is 4.79 Å². The molecule has 0 aliphatic rings. The summed E-state index contributed by atoms with van der Waals surface area (Å²) >= 11 is 0. The van der Waals surface area contributed by atoms with E-state index in [4.69, 9.17) is 4.63 Å². The molecule has 0 saturated carbocycles. The Morgan fingerprint density at radius 2 is 1.71 bits per heavy atom. The average Bonchev–Trinajstić information content (AvgIpc) is 2.86. The molecular formula is C16H15N3O2. The summed E-state index contributed by atoms with van der Waals surface area (Å²) in [5.74, 6) is -0.154. The molecular weight excluding hydrogens is 266 g/mol. The Morgan fingerprint density at radius 3 is 2.38 bits per heavy atom. The predicted molar refractivity (Wildman–Crippen MR) is 81.0 cm³/mol. The fraction of sp³-hybridized carbons (Fsp3) is 0.188. The predicted octanol–water partition coefficient (Wildman–Crippen LogP) is 3.47. The first kappa shape index (κ1) is 13.3. The first-order valence-corrected chi connectivity index (χ1v) is 6.66. The van der Waals surface area contributed by atoms with Crippen LogP contribution < -0.4 is 5.32 Å². The number of hydrogen-bond acceptors (Lipinski definition) is 4. The van der Waals surface area contributed by atoms with Gasteiger partial charge in [0, 0.05) is 12.5 Å². The molecule has 5 heteroatoms. The number of anilines is 1. The molecule has 0 fully saturated rings. The summed E-state index contributed by atoms with van der Waals surface area (Å²) in [6, 6.07) is 10.0. The highest BCUT2D eigenvalue weighted by molar-refractivity contribution is 6.03. The topological polar surface area (TPSA) is 68.0 Å². The van der Waals surface area contributed by atoms with Crippen LogP contribution in [0.5, 0.6) is 0 Å². The van der Waals surface area contributed by atoms with Crippen LogP contribution in [0.15, 0.2) is 35.0 Å². The van der Waals surface area contributed by atoms with Crippen LogP contribution in [0, 0.1) is 13.8 Å². The number of carbonyl (C=O) groups excluding carboxylic acids is 1. The quantitative estimate of drug-likeness (QED) is 0.781. The van der Waals surface area contributed by atoms with Gasteiger partial charge < -0.3 is 5.32 Å². The molecule has 2 aromatic carbocycles. The zero-order chi connectivity index (χ0) is 15.0. The molecule has 0 saturated heterocycles. The van der Waals surface area contributed by atoms with Gasteiger partial charge in [-0.05, 0) is 41.9 Å². The van der Waals surface area contributed by atoms with Crippen molar-refractivity contribution in [1.29, 1.82) is 0 Å². The molecule has 3 rings (SSSR count). The number of hydrogen-bond donors (Lipinski definition) is 1. The number of aryl methyl sites for hydroxylation is 2. The average molecular weight is 281 g/mol. The molecule has 0 aliphatic carbocycles. The van der Waals surface area contributed by atoms with Gasteiger partial charge in [0.05, 0.1) is 5.69 Å². The highest BCUT2D eigenvalue weighted by Crippen LogP contribution is 2.32. The van der Waals surface area contributed by atoms with Gasteiger partial charge in [0.1, 0.15) is 5.52 Å². The molecule has 0 bridgehead atoms. The number of benzene rings is 2. The van der Waals surface area contributed by atoms with Crippen LogP contribution in [-0.4, -0.2) is 16.2 Å². The van der Waals surface area contributed by atoms with Gasteiger partial charge in [0.2, 0.25) is 5.91 Å². The van der Waals surface area contributed by atoms with Crippen molar-refractivity contribution in [3.05, 3.63) is 41.5 Å². The molecule has 0 spiro atoms. The summed E-state index contributed by atoms with van der Waals surface area (Å²) in [5.41, 5.74) is 6.16. The van der Waals surface area contributed by atoms with Crippen molar-refractivity contribution in [3.63, 3.8) is 0 Å². The van der Waals surface area contributed by atoms with E-state index in [-0.39, 0.29) is 5.91 Å². The minimum absolute atomic E-state index is 0.154. The monoisotopic (exact) mass is 281 g/mol. The third-order valence-electron chi connectivity index (χ3n) is 3.26. The van der Waals surface area contributed by atoms with Crippen molar-refractivity contribution in [1.82, 2.24) is 10.3 Å². The highest BCUT2D eigenvalue weighted by Gasteiger charge is 2.14. The summed E-state index contributed by atoms with van der Waals surface area (Å²) in [4.78, 5) is 11.2.